The Morgan fingerprint density at radius 3 is 2.78 bits per heavy atom. The number of fused-ring (bicyclic) bond motifs is 1. The van der Waals surface area contributed by atoms with Crippen molar-refractivity contribution in [1.29, 1.82) is 0 Å². The molecule has 1 aromatic carbocycles. The number of anilines is 2. The van der Waals surface area contributed by atoms with Crippen molar-refractivity contribution in [3.63, 3.8) is 0 Å². The molecule has 1 aliphatic carbocycles. The third-order valence-corrected chi connectivity index (χ3v) is 6.20. The summed E-state index contributed by atoms with van der Waals surface area (Å²) in [6.07, 6.45) is 9.20. The van der Waals surface area contributed by atoms with E-state index >= 15 is 0 Å². The van der Waals surface area contributed by atoms with Gasteiger partial charge in [-0.3, -0.25) is 9.48 Å². The van der Waals surface area contributed by atoms with E-state index in [2.05, 4.69) is 43.0 Å². The Kier molecular flexibility index (Phi) is 6.26. The maximum absolute atomic E-state index is 12.9. The number of hydrogen-bond donors (Lipinski definition) is 2. The SMILES string of the molecule is Cn1cc(Nc2nccc(-c3ccc4c(c3)CCCC[C@@H]4NC(=O)c3noc(C(C)(C)C)n3)n2)cn1. The molecule has 10 nitrogen and oxygen atoms in total. The first-order chi connectivity index (χ1) is 17.3. The maximum atomic E-state index is 12.9. The summed E-state index contributed by atoms with van der Waals surface area (Å²) in [7, 11) is 1.86. The zero-order valence-electron chi connectivity index (χ0n) is 20.9. The molecule has 10 heteroatoms. The number of carbonyl (C=O) groups excluding carboxylic acids is 1. The first-order valence-corrected chi connectivity index (χ1v) is 12.1. The smallest absolute Gasteiger partial charge is 0.293 e. The minimum atomic E-state index is -0.321. The van der Waals surface area contributed by atoms with E-state index in [0.717, 1.165) is 48.2 Å². The monoisotopic (exact) mass is 486 g/mol. The van der Waals surface area contributed by atoms with Gasteiger partial charge in [0.15, 0.2) is 0 Å². The zero-order chi connectivity index (χ0) is 25.3. The molecular weight excluding hydrogens is 456 g/mol. The molecule has 0 spiro atoms. The van der Waals surface area contributed by atoms with Crippen LogP contribution in [-0.4, -0.2) is 35.8 Å². The lowest BCUT2D eigenvalue weighted by molar-refractivity contribution is 0.0921. The summed E-state index contributed by atoms with van der Waals surface area (Å²) in [5, 5.41) is 14.4. The van der Waals surface area contributed by atoms with Gasteiger partial charge >= 0.3 is 0 Å². The molecule has 3 aromatic heterocycles. The molecule has 0 aliphatic heterocycles. The highest BCUT2D eigenvalue weighted by molar-refractivity contribution is 5.90. The molecule has 186 valence electrons. The lowest BCUT2D eigenvalue weighted by Gasteiger charge is -2.19. The topological polar surface area (TPSA) is 124 Å². The molecule has 2 N–H and O–H groups in total. The van der Waals surface area contributed by atoms with E-state index in [1.54, 1.807) is 17.1 Å². The van der Waals surface area contributed by atoms with Gasteiger partial charge in [0.1, 0.15) is 0 Å². The second kappa shape index (κ2) is 9.52. The average molecular weight is 487 g/mol. The molecular formula is C26H30N8O2. The Bertz CT molecular complexity index is 1380. The quantitative estimate of drug-likeness (QED) is 0.395. The number of rotatable bonds is 5. The van der Waals surface area contributed by atoms with Crippen molar-refractivity contribution >= 4 is 17.5 Å². The normalized spacial score (nSPS) is 15.7. The van der Waals surface area contributed by atoms with Gasteiger partial charge in [0.05, 0.1) is 23.6 Å². The van der Waals surface area contributed by atoms with Crippen LogP contribution in [0.2, 0.25) is 0 Å². The van der Waals surface area contributed by atoms with Crippen molar-refractivity contribution < 1.29 is 9.32 Å². The number of hydrogen-bond acceptors (Lipinski definition) is 8. The van der Waals surface area contributed by atoms with E-state index < -0.39 is 0 Å². The number of aryl methyl sites for hydroxylation is 2. The number of carbonyl (C=O) groups is 1. The molecule has 4 aromatic rings. The third-order valence-electron chi connectivity index (χ3n) is 6.20. The van der Waals surface area contributed by atoms with Crippen LogP contribution in [0.3, 0.4) is 0 Å². The van der Waals surface area contributed by atoms with E-state index in [0.29, 0.717) is 11.8 Å². The van der Waals surface area contributed by atoms with E-state index in [-0.39, 0.29) is 23.2 Å². The van der Waals surface area contributed by atoms with Crippen LogP contribution in [0, 0.1) is 0 Å². The minimum Gasteiger partial charge on any atom is -0.342 e. The number of aromatic nitrogens is 6. The molecule has 5 rings (SSSR count). The first-order valence-electron chi connectivity index (χ1n) is 12.1. The van der Waals surface area contributed by atoms with Gasteiger partial charge in [-0.1, -0.05) is 44.5 Å². The molecule has 0 saturated heterocycles. The summed E-state index contributed by atoms with van der Waals surface area (Å²) in [6.45, 7) is 5.91. The Balaban J connectivity index is 1.36. The first kappa shape index (κ1) is 23.7. The van der Waals surface area contributed by atoms with Crippen molar-refractivity contribution in [2.24, 2.45) is 7.05 Å². The average Bonchev–Trinajstić information content (AvgIpc) is 3.46. The second-order valence-corrected chi connectivity index (χ2v) is 10.2. The molecule has 1 aliphatic rings. The summed E-state index contributed by atoms with van der Waals surface area (Å²) in [5.74, 6) is 0.700. The van der Waals surface area contributed by atoms with Crippen LogP contribution in [0.25, 0.3) is 11.3 Å². The van der Waals surface area contributed by atoms with Crippen LogP contribution in [-0.2, 0) is 18.9 Å². The van der Waals surface area contributed by atoms with Crippen LogP contribution >= 0.6 is 0 Å². The summed E-state index contributed by atoms with van der Waals surface area (Å²) < 4.78 is 7.02. The summed E-state index contributed by atoms with van der Waals surface area (Å²) in [6, 6.07) is 8.09. The van der Waals surface area contributed by atoms with Crippen molar-refractivity contribution in [2.45, 2.75) is 57.9 Å². The van der Waals surface area contributed by atoms with Crippen molar-refractivity contribution in [2.75, 3.05) is 5.32 Å². The lowest BCUT2D eigenvalue weighted by Crippen LogP contribution is -2.29. The fraction of sp³-hybridized carbons (Fsp3) is 0.385. The molecule has 0 radical (unpaired) electrons. The number of nitrogens with one attached hydrogen (secondary N) is 2. The Morgan fingerprint density at radius 2 is 2.03 bits per heavy atom. The highest BCUT2D eigenvalue weighted by atomic mass is 16.5. The predicted molar refractivity (Wildman–Crippen MR) is 135 cm³/mol. The summed E-state index contributed by atoms with van der Waals surface area (Å²) >= 11 is 0. The molecule has 36 heavy (non-hydrogen) atoms. The fourth-order valence-electron chi connectivity index (χ4n) is 4.33. The molecule has 1 amide bonds. The van der Waals surface area contributed by atoms with E-state index in [1.165, 1.54) is 5.56 Å². The van der Waals surface area contributed by atoms with Gasteiger partial charge in [-0.2, -0.15) is 10.1 Å². The van der Waals surface area contributed by atoms with Crippen molar-refractivity contribution in [3.8, 4) is 11.3 Å². The predicted octanol–water partition coefficient (Wildman–Crippen LogP) is 4.50. The Labute approximate surface area is 209 Å². The van der Waals surface area contributed by atoms with Gasteiger partial charge in [-0.15, -0.1) is 0 Å². The molecule has 0 fully saturated rings. The van der Waals surface area contributed by atoms with Gasteiger partial charge in [-0.05, 0) is 42.5 Å². The van der Waals surface area contributed by atoms with Crippen LogP contribution in [0.15, 0.2) is 47.4 Å². The van der Waals surface area contributed by atoms with Crippen LogP contribution in [0.5, 0.6) is 0 Å². The Morgan fingerprint density at radius 1 is 1.17 bits per heavy atom. The van der Waals surface area contributed by atoms with Gasteiger partial charge in [0.25, 0.3) is 11.7 Å². The number of benzene rings is 1. The van der Waals surface area contributed by atoms with Crippen LogP contribution < -0.4 is 10.6 Å². The second-order valence-electron chi connectivity index (χ2n) is 10.2. The highest BCUT2D eigenvalue weighted by Crippen LogP contribution is 2.32. The van der Waals surface area contributed by atoms with Gasteiger partial charge in [-0.25, -0.2) is 9.97 Å². The van der Waals surface area contributed by atoms with Crippen LogP contribution in [0.1, 0.15) is 73.7 Å². The number of amides is 1. The summed E-state index contributed by atoms with van der Waals surface area (Å²) in [4.78, 5) is 26.3. The van der Waals surface area contributed by atoms with Gasteiger partial charge < -0.3 is 15.2 Å². The van der Waals surface area contributed by atoms with E-state index in [1.807, 2.05) is 46.1 Å². The largest absolute Gasteiger partial charge is 0.342 e. The van der Waals surface area contributed by atoms with Crippen molar-refractivity contribution in [1.82, 2.24) is 35.2 Å². The van der Waals surface area contributed by atoms with Crippen LogP contribution in [0.4, 0.5) is 11.6 Å². The van der Waals surface area contributed by atoms with E-state index in [9.17, 15) is 4.79 Å². The van der Waals surface area contributed by atoms with Gasteiger partial charge in [0, 0.05) is 30.4 Å². The molecule has 3 heterocycles. The molecule has 0 unspecified atom stereocenters. The van der Waals surface area contributed by atoms with Gasteiger partial charge in [0.2, 0.25) is 11.8 Å². The molecule has 1 atom stereocenters. The summed E-state index contributed by atoms with van der Waals surface area (Å²) in [5.41, 5.74) is 4.67. The lowest BCUT2D eigenvalue weighted by atomic mass is 9.95. The zero-order valence-corrected chi connectivity index (χ0v) is 20.9. The minimum absolute atomic E-state index is 0.0666. The molecule has 0 bridgehead atoms. The third kappa shape index (κ3) is 5.12. The number of nitrogens with zero attached hydrogens (tertiary/aromatic N) is 6. The Hall–Kier alpha value is -4.08. The standard InChI is InChI=1S/C26H30N8O2/c1-26(2,3)24-32-22(33-36-24)23(35)30-21-8-6-5-7-16-13-17(9-10-19(16)21)20-11-12-27-25(31-20)29-18-14-28-34(4)15-18/h9-15,21H,5-8H2,1-4H3,(H,30,35)(H,27,29,31)/t21-/m0/s1. The molecule has 0 saturated carbocycles. The highest BCUT2D eigenvalue weighted by Gasteiger charge is 2.27. The van der Waals surface area contributed by atoms with Crippen molar-refractivity contribution in [3.05, 3.63) is 65.7 Å². The van der Waals surface area contributed by atoms with E-state index in [4.69, 9.17) is 9.51 Å². The maximum Gasteiger partial charge on any atom is 0.293 e. The fourth-order valence-corrected chi connectivity index (χ4v) is 4.33.